The van der Waals surface area contributed by atoms with Crippen molar-refractivity contribution >= 4 is 42.8 Å². The van der Waals surface area contributed by atoms with Gasteiger partial charge in [-0.3, -0.25) is 4.79 Å². The Kier molecular flexibility index (Phi) is 6.10. The summed E-state index contributed by atoms with van der Waals surface area (Å²) in [5.41, 5.74) is 2.12. The van der Waals surface area contributed by atoms with Crippen LogP contribution in [0.3, 0.4) is 0 Å². The van der Waals surface area contributed by atoms with Crippen molar-refractivity contribution in [1.82, 2.24) is 3.97 Å². The second-order valence-corrected chi connectivity index (χ2v) is 8.98. The van der Waals surface area contributed by atoms with E-state index < -0.39 is 10.0 Å². The molecule has 0 saturated carbocycles. The molecule has 0 radical (unpaired) electrons. The van der Waals surface area contributed by atoms with Crippen LogP contribution in [0.1, 0.15) is 18.1 Å². The Morgan fingerprint density at radius 1 is 1.18 bits per heavy atom. The van der Waals surface area contributed by atoms with Crippen LogP contribution in [-0.2, 0) is 32.6 Å². The van der Waals surface area contributed by atoms with Crippen LogP contribution in [0.25, 0.3) is 10.9 Å². The molecule has 1 aromatic heterocycles. The Bertz CT molecular complexity index is 1120. The molecule has 2 aromatic carbocycles. The van der Waals surface area contributed by atoms with Gasteiger partial charge in [0.1, 0.15) is 12.4 Å². The molecular weight excluding hydrogens is 446 g/mol. The highest BCUT2D eigenvalue weighted by molar-refractivity contribution is 9.10. The van der Waals surface area contributed by atoms with E-state index in [4.69, 9.17) is 9.47 Å². The van der Waals surface area contributed by atoms with Crippen molar-refractivity contribution in [2.45, 2.75) is 20.0 Å². The Morgan fingerprint density at radius 3 is 2.64 bits per heavy atom. The van der Waals surface area contributed by atoms with Gasteiger partial charge in [0.15, 0.2) is 0 Å². The van der Waals surface area contributed by atoms with Crippen LogP contribution >= 0.6 is 15.9 Å². The lowest BCUT2D eigenvalue weighted by molar-refractivity contribution is -0.142. The van der Waals surface area contributed by atoms with E-state index in [0.29, 0.717) is 17.9 Å². The van der Waals surface area contributed by atoms with Gasteiger partial charge in [-0.1, -0.05) is 34.1 Å². The standard InChI is InChI=1S/C20H20BrNO5S/c1-3-26-20(23)12-15-6-4-5-7-19(15)27-13-14-10-17(21)16-8-9-22(18(16)11-14)28(2,24)25/h4-11H,3,12-13H2,1-2H3. The van der Waals surface area contributed by atoms with E-state index >= 15 is 0 Å². The molecule has 0 amide bonds. The maximum absolute atomic E-state index is 12.0. The number of aromatic nitrogens is 1. The predicted octanol–water partition coefficient (Wildman–Crippen LogP) is 3.90. The van der Waals surface area contributed by atoms with E-state index in [1.165, 1.54) is 10.2 Å². The predicted molar refractivity (Wildman–Crippen MR) is 111 cm³/mol. The number of carbonyl (C=O) groups excluding carboxylic acids is 1. The van der Waals surface area contributed by atoms with Gasteiger partial charge in [0, 0.05) is 21.6 Å². The van der Waals surface area contributed by atoms with Crippen LogP contribution in [0.4, 0.5) is 0 Å². The summed E-state index contributed by atoms with van der Waals surface area (Å²) in [6.07, 6.45) is 2.82. The number of carbonyl (C=O) groups is 1. The molecule has 0 bridgehead atoms. The van der Waals surface area contributed by atoms with E-state index in [1.807, 2.05) is 24.3 Å². The quantitative estimate of drug-likeness (QED) is 0.494. The summed E-state index contributed by atoms with van der Waals surface area (Å²) >= 11 is 3.49. The lowest BCUT2D eigenvalue weighted by Crippen LogP contribution is -2.09. The minimum atomic E-state index is -3.41. The summed E-state index contributed by atoms with van der Waals surface area (Å²) in [6, 6.07) is 12.7. The minimum absolute atomic E-state index is 0.129. The topological polar surface area (TPSA) is 74.6 Å². The molecule has 3 rings (SSSR count). The van der Waals surface area contributed by atoms with Crippen LogP contribution < -0.4 is 4.74 Å². The number of rotatable bonds is 7. The number of halogens is 1. The van der Waals surface area contributed by atoms with Crippen molar-refractivity contribution in [3.8, 4) is 5.75 Å². The van der Waals surface area contributed by atoms with Gasteiger partial charge in [0.25, 0.3) is 0 Å². The third-order valence-corrected chi connectivity index (χ3v) is 5.83. The van der Waals surface area contributed by atoms with Crippen molar-refractivity contribution in [3.63, 3.8) is 0 Å². The highest BCUT2D eigenvalue weighted by Gasteiger charge is 2.14. The summed E-state index contributed by atoms with van der Waals surface area (Å²) in [6.45, 7) is 2.32. The molecule has 0 saturated heterocycles. The number of hydrogen-bond acceptors (Lipinski definition) is 5. The van der Waals surface area contributed by atoms with Crippen LogP contribution in [-0.4, -0.2) is 31.2 Å². The van der Waals surface area contributed by atoms with Gasteiger partial charge < -0.3 is 9.47 Å². The first-order valence-corrected chi connectivity index (χ1v) is 11.3. The summed E-state index contributed by atoms with van der Waals surface area (Å²) in [7, 11) is -3.41. The van der Waals surface area contributed by atoms with Crippen LogP contribution in [0.2, 0.25) is 0 Å². The second-order valence-electron chi connectivity index (χ2n) is 6.26. The van der Waals surface area contributed by atoms with E-state index in [9.17, 15) is 13.2 Å². The average Bonchev–Trinajstić information content (AvgIpc) is 3.06. The van der Waals surface area contributed by atoms with Gasteiger partial charge >= 0.3 is 5.97 Å². The van der Waals surface area contributed by atoms with Crippen molar-refractivity contribution in [1.29, 1.82) is 0 Å². The zero-order chi connectivity index (χ0) is 20.3. The number of benzene rings is 2. The van der Waals surface area contributed by atoms with E-state index in [-0.39, 0.29) is 19.0 Å². The fraction of sp³-hybridized carbons (Fsp3) is 0.250. The number of hydrogen-bond donors (Lipinski definition) is 0. The first-order valence-electron chi connectivity index (χ1n) is 8.66. The van der Waals surface area contributed by atoms with E-state index in [1.54, 1.807) is 25.1 Å². The summed E-state index contributed by atoms with van der Waals surface area (Å²) < 4.78 is 36.9. The second kappa shape index (κ2) is 8.36. The Labute approximate surface area is 172 Å². The minimum Gasteiger partial charge on any atom is -0.489 e. The molecule has 28 heavy (non-hydrogen) atoms. The van der Waals surface area contributed by atoms with Gasteiger partial charge in [-0.25, -0.2) is 12.4 Å². The average molecular weight is 466 g/mol. The van der Waals surface area contributed by atoms with Gasteiger partial charge in [0.05, 0.1) is 24.8 Å². The zero-order valence-electron chi connectivity index (χ0n) is 15.5. The molecule has 8 heteroatoms. The lowest BCUT2D eigenvalue weighted by Gasteiger charge is -2.12. The van der Waals surface area contributed by atoms with Crippen LogP contribution in [0.5, 0.6) is 5.75 Å². The third-order valence-electron chi connectivity index (χ3n) is 4.15. The maximum atomic E-state index is 12.0. The fourth-order valence-corrected chi connectivity index (χ4v) is 4.34. The van der Waals surface area contributed by atoms with Crippen molar-refractivity contribution in [3.05, 3.63) is 64.3 Å². The Morgan fingerprint density at radius 2 is 1.93 bits per heavy atom. The number of para-hydroxylation sites is 1. The lowest BCUT2D eigenvalue weighted by atomic mass is 10.1. The first-order chi connectivity index (χ1) is 13.3. The zero-order valence-corrected chi connectivity index (χ0v) is 17.9. The molecule has 0 N–H and O–H groups in total. The smallest absolute Gasteiger partial charge is 0.310 e. The molecule has 0 aliphatic rings. The van der Waals surface area contributed by atoms with Gasteiger partial charge in [-0.15, -0.1) is 0 Å². The normalized spacial score (nSPS) is 11.5. The monoisotopic (exact) mass is 465 g/mol. The Hall–Kier alpha value is -2.32. The molecule has 0 atom stereocenters. The van der Waals surface area contributed by atoms with Crippen LogP contribution in [0, 0.1) is 0 Å². The summed E-state index contributed by atoms with van der Waals surface area (Å²) in [4.78, 5) is 11.8. The summed E-state index contributed by atoms with van der Waals surface area (Å²) in [5.74, 6) is 0.277. The van der Waals surface area contributed by atoms with Gasteiger partial charge in [-0.05, 0) is 36.8 Å². The van der Waals surface area contributed by atoms with Gasteiger partial charge in [-0.2, -0.15) is 0 Å². The molecule has 0 aliphatic carbocycles. The molecule has 148 valence electrons. The molecule has 3 aromatic rings. The van der Waals surface area contributed by atoms with Crippen molar-refractivity contribution in [2.75, 3.05) is 12.9 Å². The highest BCUT2D eigenvalue weighted by Crippen LogP contribution is 2.29. The fourth-order valence-electron chi connectivity index (χ4n) is 2.92. The number of ether oxygens (including phenoxy) is 2. The molecule has 0 unspecified atom stereocenters. The number of nitrogens with zero attached hydrogens (tertiary/aromatic N) is 1. The third kappa shape index (κ3) is 4.56. The number of esters is 1. The highest BCUT2D eigenvalue weighted by atomic mass is 79.9. The Balaban J connectivity index is 1.86. The molecule has 6 nitrogen and oxygen atoms in total. The largest absolute Gasteiger partial charge is 0.489 e. The van der Waals surface area contributed by atoms with Crippen molar-refractivity contribution in [2.24, 2.45) is 0 Å². The van der Waals surface area contributed by atoms with Gasteiger partial charge in [0.2, 0.25) is 10.0 Å². The SMILES string of the molecule is CCOC(=O)Cc1ccccc1OCc1cc(Br)c2ccn(S(C)(=O)=O)c2c1. The van der Waals surface area contributed by atoms with Crippen molar-refractivity contribution < 1.29 is 22.7 Å². The van der Waals surface area contributed by atoms with E-state index in [2.05, 4.69) is 15.9 Å². The molecule has 0 fully saturated rings. The molecule has 0 aliphatic heterocycles. The molecular formula is C20H20BrNO5S. The van der Waals surface area contributed by atoms with E-state index in [0.717, 1.165) is 27.2 Å². The maximum Gasteiger partial charge on any atom is 0.310 e. The molecule has 0 spiro atoms. The molecule has 1 heterocycles. The number of fused-ring (bicyclic) bond motifs is 1. The van der Waals surface area contributed by atoms with Crippen LogP contribution in [0.15, 0.2) is 53.1 Å². The summed E-state index contributed by atoms with van der Waals surface area (Å²) in [5, 5.41) is 0.803. The first kappa shape index (κ1) is 20.4.